The van der Waals surface area contributed by atoms with E-state index in [4.69, 9.17) is 4.42 Å². The lowest BCUT2D eigenvalue weighted by Crippen LogP contribution is -2.45. The smallest absolute Gasteiger partial charge is 0.257 e. The number of amides is 1. The van der Waals surface area contributed by atoms with Crippen LogP contribution in [0.2, 0.25) is 0 Å². The van der Waals surface area contributed by atoms with Gasteiger partial charge in [-0.2, -0.15) is 0 Å². The van der Waals surface area contributed by atoms with Crippen molar-refractivity contribution >= 4 is 5.91 Å². The number of hydrogen-bond acceptors (Lipinski definition) is 4. The number of likely N-dealkylation sites (tertiary alicyclic amines) is 2. The van der Waals surface area contributed by atoms with Crippen molar-refractivity contribution < 1.29 is 9.21 Å². The molecule has 0 N–H and O–H groups in total. The van der Waals surface area contributed by atoms with Gasteiger partial charge in [0.25, 0.3) is 5.91 Å². The van der Waals surface area contributed by atoms with E-state index in [1.807, 2.05) is 37.8 Å². The average molecular weight is 367 g/mol. The number of pyridine rings is 1. The van der Waals surface area contributed by atoms with Gasteiger partial charge in [0.15, 0.2) is 0 Å². The van der Waals surface area contributed by atoms with Gasteiger partial charge in [-0.1, -0.05) is 6.07 Å². The van der Waals surface area contributed by atoms with Crippen LogP contribution in [0, 0.1) is 26.2 Å². The predicted molar refractivity (Wildman–Crippen MR) is 105 cm³/mol. The number of carbonyl (C=O) groups is 1. The van der Waals surface area contributed by atoms with Crippen LogP contribution in [0.1, 0.15) is 52.5 Å². The number of piperidine rings is 1. The van der Waals surface area contributed by atoms with Crippen molar-refractivity contribution in [3.63, 3.8) is 0 Å². The van der Waals surface area contributed by atoms with Crippen LogP contribution in [0.25, 0.3) is 0 Å². The van der Waals surface area contributed by atoms with E-state index in [2.05, 4.69) is 22.0 Å². The third-order valence-electron chi connectivity index (χ3n) is 6.07. The molecule has 0 saturated carbocycles. The third kappa shape index (κ3) is 3.79. The molecule has 2 saturated heterocycles. The molecular formula is C22H29N3O2. The molecule has 4 rings (SSSR count). The lowest BCUT2D eigenvalue weighted by Gasteiger charge is -2.40. The zero-order valence-corrected chi connectivity index (χ0v) is 16.6. The molecule has 4 heterocycles. The molecule has 144 valence electrons. The first-order chi connectivity index (χ1) is 12.9. The van der Waals surface area contributed by atoms with Crippen LogP contribution >= 0.6 is 0 Å². The Morgan fingerprint density at radius 1 is 1.19 bits per heavy atom. The molecule has 2 aromatic heterocycles. The minimum Gasteiger partial charge on any atom is -0.466 e. The Bertz CT molecular complexity index is 844. The van der Waals surface area contributed by atoms with Crippen LogP contribution in [-0.4, -0.2) is 46.9 Å². The molecule has 0 aromatic carbocycles. The first-order valence-electron chi connectivity index (χ1n) is 9.95. The van der Waals surface area contributed by atoms with Crippen LogP contribution < -0.4 is 0 Å². The van der Waals surface area contributed by atoms with Crippen molar-refractivity contribution in [3.8, 4) is 0 Å². The molecule has 0 radical (unpaired) electrons. The van der Waals surface area contributed by atoms with E-state index in [-0.39, 0.29) is 11.3 Å². The molecule has 2 aromatic rings. The Morgan fingerprint density at radius 3 is 2.78 bits per heavy atom. The van der Waals surface area contributed by atoms with Crippen molar-refractivity contribution in [2.75, 3.05) is 26.2 Å². The predicted octanol–water partition coefficient (Wildman–Crippen LogP) is 3.73. The largest absolute Gasteiger partial charge is 0.466 e. The molecular weight excluding hydrogens is 338 g/mol. The van der Waals surface area contributed by atoms with Crippen molar-refractivity contribution in [2.24, 2.45) is 5.41 Å². The summed E-state index contributed by atoms with van der Waals surface area (Å²) in [4.78, 5) is 22.2. The summed E-state index contributed by atoms with van der Waals surface area (Å²) in [5, 5.41) is 0. The second-order valence-electron chi connectivity index (χ2n) is 8.39. The molecule has 0 unspecified atom stereocenters. The first kappa shape index (κ1) is 18.2. The molecule has 2 aliphatic heterocycles. The second kappa shape index (κ2) is 7.12. The molecule has 2 fully saturated rings. The summed E-state index contributed by atoms with van der Waals surface area (Å²) in [7, 11) is 0. The molecule has 1 spiro atoms. The monoisotopic (exact) mass is 367 g/mol. The molecule has 2 aliphatic rings. The molecule has 5 nitrogen and oxygen atoms in total. The fourth-order valence-electron chi connectivity index (χ4n) is 4.82. The molecule has 5 heteroatoms. The molecule has 0 bridgehead atoms. The normalized spacial score (nSPS) is 23.3. The Morgan fingerprint density at radius 2 is 2.04 bits per heavy atom. The average Bonchev–Trinajstić information content (AvgIpc) is 3.17. The van der Waals surface area contributed by atoms with Crippen LogP contribution in [-0.2, 0) is 6.54 Å². The number of aryl methyl sites for hydroxylation is 3. The van der Waals surface area contributed by atoms with E-state index in [0.29, 0.717) is 0 Å². The SMILES string of the molecule is Cc1cccc(CN2CCC[C@@]3(CCN(C(=O)c4cc(C)oc4C)C3)C2)n1. The molecule has 27 heavy (non-hydrogen) atoms. The highest BCUT2D eigenvalue weighted by molar-refractivity contribution is 5.95. The Hall–Kier alpha value is -2.14. The maximum atomic E-state index is 13.0. The maximum Gasteiger partial charge on any atom is 0.257 e. The molecule has 1 atom stereocenters. The van der Waals surface area contributed by atoms with E-state index >= 15 is 0 Å². The second-order valence-corrected chi connectivity index (χ2v) is 8.39. The van der Waals surface area contributed by atoms with E-state index in [1.54, 1.807) is 0 Å². The minimum absolute atomic E-state index is 0.124. The van der Waals surface area contributed by atoms with Gasteiger partial charge in [0.2, 0.25) is 0 Å². The van der Waals surface area contributed by atoms with Crippen molar-refractivity contribution in [3.05, 3.63) is 52.7 Å². The van der Waals surface area contributed by atoms with Crippen LogP contribution in [0.5, 0.6) is 0 Å². The van der Waals surface area contributed by atoms with Crippen LogP contribution in [0.3, 0.4) is 0 Å². The Kier molecular flexibility index (Phi) is 4.81. The zero-order valence-electron chi connectivity index (χ0n) is 16.6. The van der Waals surface area contributed by atoms with Gasteiger partial charge in [0, 0.05) is 37.3 Å². The van der Waals surface area contributed by atoms with Gasteiger partial charge in [0.1, 0.15) is 11.5 Å². The van der Waals surface area contributed by atoms with E-state index in [0.717, 1.165) is 67.6 Å². The summed E-state index contributed by atoms with van der Waals surface area (Å²) in [6.45, 7) is 10.6. The van der Waals surface area contributed by atoms with Gasteiger partial charge in [0.05, 0.1) is 11.3 Å². The lowest BCUT2D eigenvalue weighted by atomic mass is 9.79. The van der Waals surface area contributed by atoms with E-state index in [9.17, 15) is 4.79 Å². The van der Waals surface area contributed by atoms with Crippen molar-refractivity contribution in [2.45, 2.75) is 46.6 Å². The topological polar surface area (TPSA) is 49.6 Å². The fraction of sp³-hybridized carbons (Fsp3) is 0.545. The number of rotatable bonds is 3. The minimum atomic E-state index is 0.124. The van der Waals surface area contributed by atoms with E-state index in [1.165, 1.54) is 12.8 Å². The summed E-state index contributed by atoms with van der Waals surface area (Å²) in [5.74, 6) is 1.66. The highest BCUT2D eigenvalue weighted by Crippen LogP contribution is 2.40. The fourth-order valence-corrected chi connectivity index (χ4v) is 4.82. The van der Waals surface area contributed by atoms with Crippen molar-refractivity contribution in [1.82, 2.24) is 14.8 Å². The number of aromatic nitrogens is 1. The molecule has 0 aliphatic carbocycles. The lowest BCUT2D eigenvalue weighted by molar-refractivity contribution is 0.0671. The Balaban J connectivity index is 1.43. The van der Waals surface area contributed by atoms with Gasteiger partial charge in [-0.15, -0.1) is 0 Å². The summed E-state index contributed by atoms with van der Waals surface area (Å²) in [6, 6.07) is 8.12. The highest BCUT2D eigenvalue weighted by Gasteiger charge is 2.43. The number of furan rings is 1. The molecule has 1 amide bonds. The number of hydrogen-bond donors (Lipinski definition) is 0. The van der Waals surface area contributed by atoms with Crippen LogP contribution in [0.15, 0.2) is 28.7 Å². The Labute approximate surface area is 161 Å². The summed E-state index contributed by atoms with van der Waals surface area (Å²) >= 11 is 0. The summed E-state index contributed by atoms with van der Waals surface area (Å²) in [6.07, 6.45) is 3.49. The summed E-state index contributed by atoms with van der Waals surface area (Å²) in [5.41, 5.74) is 3.16. The van der Waals surface area contributed by atoms with Gasteiger partial charge < -0.3 is 9.32 Å². The van der Waals surface area contributed by atoms with Gasteiger partial charge >= 0.3 is 0 Å². The van der Waals surface area contributed by atoms with Gasteiger partial charge in [-0.25, -0.2) is 0 Å². The van der Waals surface area contributed by atoms with E-state index < -0.39 is 0 Å². The highest BCUT2D eigenvalue weighted by atomic mass is 16.3. The first-order valence-corrected chi connectivity index (χ1v) is 9.95. The maximum absolute atomic E-state index is 13.0. The summed E-state index contributed by atoms with van der Waals surface area (Å²) < 4.78 is 5.56. The third-order valence-corrected chi connectivity index (χ3v) is 6.07. The van der Waals surface area contributed by atoms with Gasteiger partial charge in [-0.05, 0) is 64.8 Å². The van der Waals surface area contributed by atoms with Crippen LogP contribution in [0.4, 0.5) is 0 Å². The number of carbonyl (C=O) groups excluding carboxylic acids is 1. The zero-order chi connectivity index (χ0) is 19.0. The standard InChI is InChI=1S/C22H29N3O2/c1-16-6-4-7-19(23-16)13-24-10-5-8-22(14-24)9-11-25(15-22)21(26)20-12-17(2)27-18(20)3/h4,6-7,12H,5,8-11,13-15H2,1-3H3/t22-/m1/s1. The quantitative estimate of drug-likeness (QED) is 0.829. The van der Waals surface area contributed by atoms with Crippen molar-refractivity contribution in [1.29, 1.82) is 0 Å². The number of nitrogens with zero attached hydrogens (tertiary/aromatic N) is 3. The van der Waals surface area contributed by atoms with Gasteiger partial charge in [-0.3, -0.25) is 14.7 Å².